The zero-order valence-electron chi connectivity index (χ0n) is 42.5. The minimum absolute atomic E-state index is 0.429. The molecule has 8 aromatic rings. The normalized spacial score (nSPS) is 19.8. The Labute approximate surface area is 258 Å². The molecule has 182 valence electrons. The molecule has 0 fully saturated rings. The molecule has 0 aliphatic heterocycles. The third-order valence-electron chi connectivity index (χ3n) is 6.27. The van der Waals surface area contributed by atoms with E-state index < -0.39 is 216 Å². The molecule has 0 bridgehead atoms. The molecule has 1 aromatic heterocycles. The first-order chi connectivity index (χ1) is 28.9. The van der Waals surface area contributed by atoms with Gasteiger partial charge in [0.15, 0.2) is 0 Å². The molecule has 0 aliphatic rings. The molecule has 1 nitrogen and oxygen atoms in total. The molecule has 0 N–H and O–H groups in total. The van der Waals surface area contributed by atoms with E-state index >= 15 is 0 Å². The Balaban J connectivity index is 1.76. The highest BCUT2D eigenvalue weighted by molar-refractivity contribution is 6.25. The summed E-state index contributed by atoms with van der Waals surface area (Å²) >= 11 is 0. The highest BCUT2D eigenvalue weighted by Gasteiger charge is 2.20. The van der Waals surface area contributed by atoms with Gasteiger partial charge in [-0.25, -0.2) is 0 Å². The van der Waals surface area contributed by atoms with E-state index in [0.29, 0.717) is 0 Å². The predicted octanol–water partition coefficient (Wildman–Crippen LogP) is 10.9. The average molecular weight is 520 g/mol. The van der Waals surface area contributed by atoms with E-state index in [1.165, 1.54) is 0 Å². The molecule has 0 atom stereocenters. The zero-order valence-corrected chi connectivity index (χ0v) is 19.5. The number of furan rings is 1. The summed E-state index contributed by atoms with van der Waals surface area (Å²) in [5, 5.41) is -3.43. The molecule has 0 radical (unpaired) electrons. The fourth-order valence-electron chi connectivity index (χ4n) is 4.70. The van der Waals surface area contributed by atoms with Gasteiger partial charge in [-0.3, -0.25) is 0 Å². The van der Waals surface area contributed by atoms with Gasteiger partial charge in [0.1, 0.15) is 11.2 Å². The average Bonchev–Trinajstić information content (AvgIpc) is 3.64. The maximum Gasteiger partial charge on any atom is 0.136 e. The Morgan fingerprint density at radius 3 is 1.69 bits per heavy atom. The molecule has 1 heterocycles. The van der Waals surface area contributed by atoms with Crippen LogP contribution < -0.4 is 0 Å². The van der Waals surface area contributed by atoms with Crippen LogP contribution in [-0.4, -0.2) is 0 Å². The second kappa shape index (κ2) is 8.72. The first-order valence-electron chi connectivity index (χ1n) is 23.0. The number of para-hydroxylation sites is 1. The SMILES string of the molecule is [2H]c1cc(-c2c([2H])c([2H])c([2H])c([2H])c2[2H])c([2H])c(-c2c3c([2H])c([2H])c([2H])c([2H])c3c(-c3c([2H])c([2H])c([2H])c4oc5c([2H])c([2H])c([2H])c([2H])c5c34)c3c([2H])c([2H])c([2H])c([2H])c23)c1[2H]. The lowest BCUT2D eigenvalue weighted by Crippen LogP contribution is -1.91. The second-order valence-corrected chi connectivity index (χ2v) is 8.34. The highest BCUT2D eigenvalue weighted by atomic mass is 16.3. The fraction of sp³-hybridized carbons (Fsp3) is 0. The van der Waals surface area contributed by atoms with E-state index in [0.717, 1.165) is 6.07 Å². The Bertz CT molecular complexity index is 3330. The molecule has 0 saturated heterocycles. The Hall–Kier alpha value is -5.14. The number of rotatable bonds is 3. The molecule has 0 aliphatic carbocycles. The van der Waals surface area contributed by atoms with Crippen molar-refractivity contribution in [2.75, 3.05) is 0 Å². The fourth-order valence-corrected chi connectivity index (χ4v) is 4.70. The van der Waals surface area contributed by atoms with Crippen LogP contribution in [0.25, 0.3) is 76.9 Å². The summed E-state index contributed by atoms with van der Waals surface area (Å²) in [7, 11) is 0. The van der Waals surface area contributed by atoms with Crippen molar-refractivity contribution in [3.05, 3.63) is 145 Å². The summed E-state index contributed by atoms with van der Waals surface area (Å²) < 4.78 is 209. The van der Waals surface area contributed by atoms with E-state index in [1.54, 1.807) is 0 Å². The summed E-state index contributed by atoms with van der Waals surface area (Å²) in [6.45, 7) is 0. The quantitative estimate of drug-likeness (QED) is 0.212. The van der Waals surface area contributed by atoms with E-state index in [4.69, 9.17) is 27.7 Å². The topological polar surface area (TPSA) is 13.1 Å². The predicted molar refractivity (Wildman–Crippen MR) is 165 cm³/mol. The van der Waals surface area contributed by atoms with E-state index in [-0.39, 0.29) is 0 Å². The van der Waals surface area contributed by atoms with Crippen LogP contribution in [0, 0.1) is 0 Å². The summed E-state index contributed by atoms with van der Waals surface area (Å²) in [5.74, 6) is 0. The lowest BCUT2D eigenvalue weighted by Gasteiger charge is -2.18. The van der Waals surface area contributed by atoms with E-state index in [1.807, 2.05) is 0 Å². The summed E-state index contributed by atoms with van der Waals surface area (Å²) in [4.78, 5) is 0. The van der Waals surface area contributed by atoms with Crippen LogP contribution in [0.1, 0.15) is 31.5 Å². The summed E-state index contributed by atoms with van der Waals surface area (Å²) in [6.07, 6.45) is 0. The van der Waals surface area contributed by atoms with Gasteiger partial charge in [0, 0.05) is 10.8 Å². The van der Waals surface area contributed by atoms with E-state index in [2.05, 4.69) is 0 Å². The van der Waals surface area contributed by atoms with Crippen LogP contribution in [0.3, 0.4) is 0 Å². The second-order valence-electron chi connectivity index (χ2n) is 8.34. The van der Waals surface area contributed by atoms with Gasteiger partial charge in [-0.2, -0.15) is 0 Å². The molecule has 39 heavy (non-hydrogen) atoms. The molecule has 0 unspecified atom stereocenters. The van der Waals surface area contributed by atoms with Crippen molar-refractivity contribution >= 4 is 43.5 Å². The van der Waals surface area contributed by atoms with Crippen LogP contribution in [0.2, 0.25) is 0 Å². The maximum absolute atomic E-state index is 9.52. The maximum atomic E-state index is 9.52. The van der Waals surface area contributed by atoms with Crippen molar-refractivity contribution in [1.82, 2.24) is 0 Å². The molecular formula is C38H24O. The lowest BCUT2D eigenvalue weighted by molar-refractivity contribution is 0.669. The largest absolute Gasteiger partial charge is 0.456 e. The minimum atomic E-state index is -0.928. The lowest BCUT2D eigenvalue weighted by atomic mass is 9.84. The van der Waals surface area contributed by atoms with Gasteiger partial charge in [-0.1, -0.05) is 127 Å². The van der Waals surface area contributed by atoms with Crippen molar-refractivity contribution in [1.29, 1.82) is 0 Å². The standard InChI is InChI=1S/C38H24O/c1-2-12-25(13-3-1)26-14-10-15-27(24-26)36-28-16-4-6-18-30(28)37(31-19-7-5-17-29(31)36)33-21-11-23-35-38(33)32-20-8-9-22-34(32)39-35/h1-24H/i1D,2D,3D,4D,5D,6D,7D,8D,9D,10D,11D,12D,13D,15D,16D,17D,18D,19D,20D,21D,22D,23D,24D. The van der Waals surface area contributed by atoms with Gasteiger partial charge >= 0.3 is 0 Å². The van der Waals surface area contributed by atoms with Gasteiger partial charge in [0.25, 0.3) is 0 Å². The first kappa shape index (κ1) is 8.97. The van der Waals surface area contributed by atoms with Crippen molar-refractivity contribution in [2.45, 2.75) is 0 Å². The van der Waals surface area contributed by atoms with Crippen molar-refractivity contribution in [3.8, 4) is 33.4 Å². The van der Waals surface area contributed by atoms with Crippen LogP contribution >= 0.6 is 0 Å². The van der Waals surface area contributed by atoms with E-state index in [9.17, 15) is 8.22 Å². The molecule has 0 spiro atoms. The molecule has 8 rings (SSSR count). The van der Waals surface area contributed by atoms with Crippen molar-refractivity contribution in [2.24, 2.45) is 0 Å². The molecule has 0 amide bonds. The molecule has 7 aromatic carbocycles. The summed E-state index contributed by atoms with van der Waals surface area (Å²) in [5.41, 5.74) is -4.72. The van der Waals surface area contributed by atoms with Crippen LogP contribution in [0.5, 0.6) is 0 Å². The monoisotopic (exact) mass is 519 g/mol. The van der Waals surface area contributed by atoms with Crippen molar-refractivity contribution < 1.29 is 35.9 Å². The Morgan fingerprint density at radius 1 is 0.410 bits per heavy atom. The molecular weight excluding hydrogens is 472 g/mol. The van der Waals surface area contributed by atoms with Crippen molar-refractivity contribution in [3.63, 3.8) is 0 Å². The van der Waals surface area contributed by atoms with Crippen LogP contribution in [0.15, 0.2) is 149 Å². The smallest absolute Gasteiger partial charge is 0.136 e. The van der Waals surface area contributed by atoms with Gasteiger partial charge in [-0.05, 0) is 73.1 Å². The third-order valence-corrected chi connectivity index (χ3v) is 6.27. The number of benzene rings is 7. The number of fused-ring (bicyclic) bond motifs is 5. The van der Waals surface area contributed by atoms with Gasteiger partial charge in [0.2, 0.25) is 0 Å². The number of hydrogen-bond donors (Lipinski definition) is 0. The van der Waals surface area contributed by atoms with Crippen LogP contribution in [0.4, 0.5) is 0 Å². The minimum Gasteiger partial charge on any atom is -0.456 e. The Kier molecular flexibility index (Phi) is 2.00. The molecule has 1 heteroatoms. The van der Waals surface area contributed by atoms with Gasteiger partial charge in [-0.15, -0.1) is 0 Å². The first-order valence-corrected chi connectivity index (χ1v) is 11.5. The van der Waals surface area contributed by atoms with Gasteiger partial charge < -0.3 is 4.42 Å². The summed E-state index contributed by atoms with van der Waals surface area (Å²) in [6, 6.07) is -18.4. The highest BCUT2D eigenvalue weighted by Crippen LogP contribution is 2.47. The Morgan fingerprint density at radius 2 is 0.974 bits per heavy atom. The number of hydrogen-bond acceptors (Lipinski definition) is 1. The zero-order chi connectivity index (χ0) is 45.8. The molecule has 0 saturated carbocycles. The van der Waals surface area contributed by atoms with Gasteiger partial charge in [0.05, 0.1) is 31.5 Å². The third kappa shape index (κ3) is 3.41. The van der Waals surface area contributed by atoms with Crippen LogP contribution in [-0.2, 0) is 0 Å².